The molecule has 0 bridgehead atoms. The van der Waals surface area contributed by atoms with E-state index in [1.54, 1.807) is 17.5 Å². The molecule has 1 unspecified atom stereocenters. The van der Waals surface area contributed by atoms with Gasteiger partial charge in [0.05, 0.1) is 11.6 Å². The van der Waals surface area contributed by atoms with Crippen molar-refractivity contribution in [3.05, 3.63) is 74.2 Å². The number of ketones is 1. The molecule has 0 saturated carbocycles. The second-order valence-corrected chi connectivity index (χ2v) is 8.63. The number of hydrogen-bond acceptors (Lipinski definition) is 4. The van der Waals surface area contributed by atoms with Crippen molar-refractivity contribution in [3.8, 4) is 16.9 Å². The Balaban J connectivity index is 1.58. The van der Waals surface area contributed by atoms with E-state index in [1.165, 1.54) is 30.4 Å². The second kappa shape index (κ2) is 8.20. The zero-order valence-corrected chi connectivity index (χ0v) is 18.0. The van der Waals surface area contributed by atoms with Crippen LogP contribution in [0, 0.1) is 12.7 Å². The van der Waals surface area contributed by atoms with Gasteiger partial charge in [-0.05, 0) is 60.7 Å². The third kappa shape index (κ3) is 3.98. The van der Waals surface area contributed by atoms with Gasteiger partial charge < -0.3 is 10.1 Å². The topological polar surface area (TPSA) is 55.4 Å². The minimum atomic E-state index is -0.416. The van der Waals surface area contributed by atoms with Crippen molar-refractivity contribution in [1.82, 2.24) is 5.32 Å². The molecule has 4 rings (SSSR count). The van der Waals surface area contributed by atoms with Crippen molar-refractivity contribution in [2.75, 3.05) is 6.54 Å². The molecule has 1 aromatic heterocycles. The van der Waals surface area contributed by atoms with Gasteiger partial charge in [0.1, 0.15) is 22.5 Å². The molecule has 1 N–H and O–H groups in total. The first-order valence-corrected chi connectivity index (χ1v) is 10.7. The monoisotopic (exact) mass is 443 g/mol. The molecule has 2 aromatic carbocycles. The van der Waals surface area contributed by atoms with Gasteiger partial charge in [0.2, 0.25) is 0 Å². The van der Waals surface area contributed by atoms with Crippen molar-refractivity contribution < 1.29 is 18.7 Å². The molecule has 1 aliphatic rings. The lowest BCUT2D eigenvalue weighted by Crippen LogP contribution is -2.34. The van der Waals surface area contributed by atoms with Crippen molar-refractivity contribution in [3.63, 3.8) is 0 Å². The summed E-state index contributed by atoms with van der Waals surface area (Å²) in [6.07, 6.45) is 0.318. The Morgan fingerprint density at radius 3 is 2.73 bits per heavy atom. The van der Waals surface area contributed by atoms with Crippen LogP contribution in [0.3, 0.4) is 0 Å². The summed E-state index contributed by atoms with van der Waals surface area (Å²) in [5.74, 6) is -0.199. The number of carbonyl (C=O) groups excluding carboxylic acids is 2. The van der Waals surface area contributed by atoms with Gasteiger partial charge in [-0.1, -0.05) is 17.7 Å². The summed E-state index contributed by atoms with van der Waals surface area (Å²) in [5, 5.41) is 5.04. The number of amides is 1. The lowest BCUT2D eigenvalue weighted by atomic mass is 9.95. The fourth-order valence-corrected chi connectivity index (χ4v) is 4.66. The average molecular weight is 444 g/mol. The third-order valence-electron chi connectivity index (χ3n) is 5.02. The summed E-state index contributed by atoms with van der Waals surface area (Å²) in [7, 11) is 0. The number of nitrogens with one attached hydrogen (secondary N) is 1. The molecule has 0 aliphatic carbocycles. The van der Waals surface area contributed by atoms with Crippen LogP contribution in [0.5, 0.6) is 5.75 Å². The lowest BCUT2D eigenvalue weighted by molar-refractivity contribution is 0.0937. The summed E-state index contributed by atoms with van der Waals surface area (Å²) >= 11 is 7.30. The maximum absolute atomic E-state index is 14.6. The molecule has 1 amide bonds. The number of hydrogen-bond donors (Lipinski definition) is 1. The van der Waals surface area contributed by atoms with E-state index in [-0.39, 0.29) is 17.8 Å². The molecule has 7 heteroatoms. The predicted octanol–water partition coefficient (Wildman–Crippen LogP) is 5.45. The molecule has 0 radical (unpaired) electrons. The second-order valence-electron chi connectivity index (χ2n) is 7.30. The van der Waals surface area contributed by atoms with Crippen LogP contribution in [0.15, 0.2) is 41.8 Å². The van der Waals surface area contributed by atoms with Crippen LogP contribution in [0.25, 0.3) is 11.1 Å². The smallest absolute Gasteiger partial charge is 0.263 e. The molecule has 0 spiro atoms. The Kier molecular flexibility index (Phi) is 5.62. The number of halogens is 2. The van der Waals surface area contributed by atoms with E-state index >= 15 is 0 Å². The SMILES string of the molecule is CC(=O)c1ccc(F)c(-c2cc(C)cc3c2OC(CNC(=O)c2sccc2Cl)C3)c1. The first kappa shape index (κ1) is 20.6. The Morgan fingerprint density at radius 1 is 1.23 bits per heavy atom. The van der Waals surface area contributed by atoms with E-state index in [4.69, 9.17) is 16.3 Å². The van der Waals surface area contributed by atoms with Crippen LogP contribution >= 0.6 is 22.9 Å². The zero-order chi connectivity index (χ0) is 21.4. The van der Waals surface area contributed by atoms with Gasteiger partial charge >= 0.3 is 0 Å². The maximum atomic E-state index is 14.6. The first-order chi connectivity index (χ1) is 14.3. The highest BCUT2D eigenvalue weighted by atomic mass is 35.5. The van der Waals surface area contributed by atoms with Crippen LogP contribution in [0.1, 0.15) is 38.1 Å². The first-order valence-electron chi connectivity index (χ1n) is 9.45. The fourth-order valence-electron chi connectivity index (χ4n) is 3.60. The summed E-state index contributed by atoms with van der Waals surface area (Å²) in [5.41, 5.74) is 3.30. The van der Waals surface area contributed by atoms with Gasteiger partial charge in [0, 0.05) is 23.1 Å². The number of thiophene rings is 1. The molecule has 30 heavy (non-hydrogen) atoms. The van der Waals surface area contributed by atoms with Gasteiger partial charge in [0.25, 0.3) is 5.91 Å². The number of carbonyl (C=O) groups is 2. The highest BCUT2D eigenvalue weighted by Gasteiger charge is 2.28. The van der Waals surface area contributed by atoms with E-state index in [2.05, 4.69) is 5.32 Å². The molecule has 0 saturated heterocycles. The third-order valence-corrected chi connectivity index (χ3v) is 6.36. The Hall–Kier alpha value is -2.70. The molecule has 0 fully saturated rings. The summed E-state index contributed by atoms with van der Waals surface area (Å²) in [6, 6.07) is 9.88. The molecule has 1 aliphatic heterocycles. The minimum Gasteiger partial charge on any atom is -0.487 e. The number of aryl methyl sites for hydroxylation is 1. The van der Waals surface area contributed by atoms with Crippen molar-refractivity contribution in [2.24, 2.45) is 0 Å². The number of rotatable bonds is 5. The zero-order valence-electron chi connectivity index (χ0n) is 16.4. The maximum Gasteiger partial charge on any atom is 0.263 e. The van der Waals surface area contributed by atoms with Crippen LogP contribution in [-0.2, 0) is 6.42 Å². The highest BCUT2D eigenvalue weighted by molar-refractivity contribution is 7.12. The molecular formula is C23H19ClFNO3S. The number of Topliss-reactive ketones (excluding diaryl/α,β-unsaturated/α-hetero) is 1. The van der Waals surface area contributed by atoms with Gasteiger partial charge in [-0.15, -0.1) is 11.3 Å². The fraction of sp³-hybridized carbons (Fsp3) is 0.217. The van der Waals surface area contributed by atoms with Crippen LogP contribution in [-0.4, -0.2) is 24.3 Å². The van der Waals surface area contributed by atoms with Crippen LogP contribution < -0.4 is 10.1 Å². The van der Waals surface area contributed by atoms with E-state index in [0.717, 1.165) is 11.1 Å². The highest BCUT2D eigenvalue weighted by Crippen LogP contribution is 2.41. The number of benzene rings is 2. The number of ether oxygens (including phenoxy) is 1. The molecule has 1 atom stereocenters. The molecule has 3 aromatic rings. The van der Waals surface area contributed by atoms with E-state index in [1.807, 2.05) is 19.1 Å². The van der Waals surface area contributed by atoms with Gasteiger partial charge in [-0.25, -0.2) is 4.39 Å². The lowest BCUT2D eigenvalue weighted by Gasteiger charge is -2.14. The predicted molar refractivity (Wildman–Crippen MR) is 116 cm³/mol. The van der Waals surface area contributed by atoms with E-state index < -0.39 is 5.82 Å². The Morgan fingerprint density at radius 2 is 2.03 bits per heavy atom. The largest absolute Gasteiger partial charge is 0.487 e. The standard InChI is InChI=1S/C23H19ClFNO3S/c1-12-7-15-9-16(11-26-23(28)22-19(24)5-6-30-22)29-21(15)18(8-12)17-10-14(13(2)27)3-4-20(17)25/h3-8,10,16H,9,11H2,1-2H3,(H,26,28). The molecule has 4 nitrogen and oxygen atoms in total. The van der Waals surface area contributed by atoms with Crippen LogP contribution in [0.2, 0.25) is 5.02 Å². The van der Waals surface area contributed by atoms with Crippen molar-refractivity contribution in [1.29, 1.82) is 0 Å². The number of fused-ring (bicyclic) bond motifs is 1. The summed E-state index contributed by atoms with van der Waals surface area (Å²) in [6.45, 7) is 3.69. The van der Waals surface area contributed by atoms with Crippen molar-refractivity contribution in [2.45, 2.75) is 26.4 Å². The van der Waals surface area contributed by atoms with Gasteiger partial charge in [-0.2, -0.15) is 0 Å². The Labute approximate surface area is 182 Å². The Bertz CT molecular complexity index is 1160. The minimum absolute atomic E-state index is 0.130. The van der Waals surface area contributed by atoms with E-state index in [0.29, 0.717) is 45.3 Å². The van der Waals surface area contributed by atoms with Gasteiger partial charge in [0.15, 0.2) is 5.78 Å². The molecular weight excluding hydrogens is 425 g/mol. The van der Waals surface area contributed by atoms with Crippen molar-refractivity contribution >= 4 is 34.6 Å². The van der Waals surface area contributed by atoms with E-state index in [9.17, 15) is 14.0 Å². The summed E-state index contributed by atoms with van der Waals surface area (Å²) < 4.78 is 20.7. The molecule has 2 heterocycles. The van der Waals surface area contributed by atoms with Gasteiger partial charge in [-0.3, -0.25) is 9.59 Å². The summed E-state index contributed by atoms with van der Waals surface area (Å²) in [4.78, 5) is 24.5. The van der Waals surface area contributed by atoms with Crippen LogP contribution in [0.4, 0.5) is 4.39 Å². The normalized spacial score (nSPS) is 14.9. The average Bonchev–Trinajstić information content (AvgIpc) is 3.31. The quantitative estimate of drug-likeness (QED) is 0.533. The molecule has 154 valence electrons.